The zero-order valence-corrected chi connectivity index (χ0v) is 11.5. The Morgan fingerprint density at radius 1 is 1.15 bits per heavy atom. The van der Waals surface area contributed by atoms with Gasteiger partial charge >= 0.3 is 0 Å². The maximum atomic E-state index is 10.0. The number of hydrogen-bond donors (Lipinski definition) is 2. The van der Waals surface area contributed by atoms with E-state index in [1.54, 1.807) is 23.9 Å². The quantitative estimate of drug-likeness (QED) is 0.745. The number of nitrogens with one attached hydrogen (secondary N) is 1. The molecule has 0 radical (unpaired) electrons. The SMILES string of the molecule is CNc1nnc(C)c2c(C)n(-c3ccccc3O)nc12. The lowest BCUT2D eigenvalue weighted by Crippen LogP contribution is -1.99. The standard InChI is InChI=1S/C14H15N5O/c1-8-12-9(2)19(10-6-4-5-7-11(10)20)18-13(12)14(15-3)17-16-8/h4-7,20H,1-3H3,(H,15,17). The summed E-state index contributed by atoms with van der Waals surface area (Å²) in [6, 6.07) is 7.11. The van der Waals surface area contributed by atoms with Crippen LogP contribution in [0.4, 0.5) is 5.82 Å². The van der Waals surface area contributed by atoms with E-state index < -0.39 is 0 Å². The number of aryl methyl sites for hydroxylation is 2. The molecule has 20 heavy (non-hydrogen) atoms. The molecule has 1 aromatic carbocycles. The van der Waals surface area contributed by atoms with Crippen molar-refractivity contribution in [2.24, 2.45) is 0 Å². The van der Waals surface area contributed by atoms with Crippen LogP contribution in [0.5, 0.6) is 5.75 Å². The number of benzene rings is 1. The lowest BCUT2D eigenvalue weighted by Gasteiger charge is -2.05. The second-order valence-electron chi connectivity index (χ2n) is 4.59. The van der Waals surface area contributed by atoms with Crippen LogP contribution in [0.15, 0.2) is 24.3 Å². The first kappa shape index (κ1) is 12.4. The van der Waals surface area contributed by atoms with Gasteiger partial charge in [-0.1, -0.05) is 12.1 Å². The molecule has 6 heteroatoms. The fraction of sp³-hybridized carbons (Fsp3) is 0.214. The Morgan fingerprint density at radius 3 is 2.60 bits per heavy atom. The topological polar surface area (TPSA) is 75.9 Å². The van der Waals surface area contributed by atoms with Crippen molar-refractivity contribution in [3.63, 3.8) is 0 Å². The van der Waals surface area contributed by atoms with Gasteiger partial charge in [0.05, 0.1) is 16.8 Å². The highest BCUT2D eigenvalue weighted by Gasteiger charge is 2.17. The van der Waals surface area contributed by atoms with Crippen molar-refractivity contribution in [2.45, 2.75) is 13.8 Å². The largest absolute Gasteiger partial charge is 0.506 e. The fourth-order valence-electron chi connectivity index (χ4n) is 2.37. The molecule has 0 saturated carbocycles. The van der Waals surface area contributed by atoms with E-state index in [1.165, 1.54) is 0 Å². The van der Waals surface area contributed by atoms with Gasteiger partial charge in [-0.2, -0.15) is 10.2 Å². The number of hydrogen-bond acceptors (Lipinski definition) is 5. The highest BCUT2D eigenvalue weighted by molar-refractivity contribution is 5.92. The maximum Gasteiger partial charge on any atom is 0.176 e. The number of para-hydroxylation sites is 2. The summed E-state index contributed by atoms with van der Waals surface area (Å²) in [5.41, 5.74) is 3.13. The summed E-state index contributed by atoms with van der Waals surface area (Å²) in [7, 11) is 1.78. The summed E-state index contributed by atoms with van der Waals surface area (Å²) < 4.78 is 1.72. The molecule has 6 nitrogen and oxygen atoms in total. The molecule has 0 amide bonds. The smallest absolute Gasteiger partial charge is 0.176 e. The van der Waals surface area contributed by atoms with Crippen molar-refractivity contribution in [1.82, 2.24) is 20.0 Å². The predicted octanol–water partition coefficient (Wildman–Crippen LogP) is 2.18. The molecule has 0 spiro atoms. The van der Waals surface area contributed by atoms with Crippen LogP contribution in [-0.4, -0.2) is 32.1 Å². The Kier molecular flexibility index (Phi) is 2.78. The summed E-state index contributed by atoms with van der Waals surface area (Å²) in [4.78, 5) is 0. The monoisotopic (exact) mass is 269 g/mol. The highest BCUT2D eigenvalue weighted by atomic mass is 16.3. The zero-order chi connectivity index (χ0) is 14.3. The van der Waals surface area contributed by atoms with Crippen LogP contribution in [0, 0.1) is 13.8 Å². The Morgan fingerprint density at radius 2 is 1.90 bits per heavy atom. The normalized spacial score (nSPS) is 10.9. The molecule has 3 rings (SSSR count). The first-order chi connectivity index (χ1) is 9.63. The predicted molar refractivity (Wildman–Crippen MR) is 77.3 cm³/mol. The van der Waals surface area contributed by atoms with Gasteiger partial charge in [0.2, 0.25) is 0 Å². The van der Waals surface area contributed by atoms with Gasteiger partial charge in [0.25, 0.3) is 0 Å². The van der Waals surface area contributed by atoms with Gasteiger partial charge in [-0.3, -0.25) is 0 Å². The maximum absolute atomic E-state index is 10.0. The van der Waals surface area contributed by atoms with Gasteiger partial charge < -0.3 is 10.4 Å². The molecule has 102 valence electrons. The Labute approximate surface area is 116 Å². The summed E-state index contributed by atoms with van der Waals surface area (Å²) in [6.07, 6.45) is 0. The van der Waals surface area contributed by atoms with E-state index in [2.05, 4.69) is 20.6 Å². The van der Waals surface area contributed by atoms with Gasteiger partial charge in [0, 0.05) is 7.05 Å². The van der Waals surface area contributed by atoms with E-state index >= 15 is 0 Å². The third kappa shape index (κ3) is 1.69. The Balaban J connectivity index is 2.37. The van der Waals surface area contributed by atoms with Crippen molar-refractivity contribution < 1.29 is 5.11 Å². The number of anilines is 1. The summed E-state index contributed by atoms with van der Waals surface area (Å²) >= 11 is 0. The van der Waals surface area contributed by atoms with Gasteiger partial charge in [-0.15, -0.1) is 5.10 Å². The second-order valence-corrected chi connectivity index (χ2v) is 4.59. The minimum absolute atomic E-state index is 0.188. The Bertz CT molecular complexity index is 794. The molecule has 3 aromatic rings. The summed E-state index contributed by atoms with van der Waals surface area (Å²) in [5, 5.41) is 26.7. The number of nitrogens with zero attached hydrogens (tertiary/aromatic N) is 4. The van der Waals surface area contributed by atoms with E-state index in [0.717, 1.165) is 22.3 Å². The second kappa shape index (κ2) is 4.48. The van der Waals surface area contributed by atoms with E-state index in [1.807, 2.05) is 26.0 Å². The molecule has 0 aliphatic heterocycles. The summed E-state index contributed by atoms with van der Waals surface area (Å²) in [6.45, 7) is 3.86. The van der Waals surface area contributed by atoms with E-state index in [9.17, 15) is 5.11 Å². The molecule has 0 fully saturated rings. The first-order valence-corrected chi connectivity index (χ1v) is 6.32. The first-order valence-electron chi connectivity index (χ1n) is 6.32. The number of phenols is 1. The molecule has 2 N–H and O–H groups in total. The van der Waals surface area contributed by atoms with Gasteiger partial charge in [-0.05, 0) is 26.0 Å². The van der Waals surface area contributed by atoms with Crippen LogP contribution in [0.2, 0.25) is 0 Å². The van der Waals surface area contributed by atoms with Gasteiger partial charge in [0.15, 0.2) is 5.82 Å². The molecular weight excluding hydrogens is 254 g/mol. The van der Waals surface area contributed by atoms with Gasteiger partial charge in [0.1, 0.15) is 17.0 Å². The van der Waals surface area contributed by atoms with Crippen LogP contribution in [0.25, 0.3) is 16.6 Å². The van der Waals surface area contributed by atoms with Crippen LogP contribution in [-0.2, 0) is 0 Å². The molecule has 2 aromatic heterocycles. The fourth-order valence-corrected chi connectivity index (χ4v) is 2.37. The molecule has 2 heterocycles. The minimum atomic E-state index is 0.188. The number of phenolic OH excluding ortho intramolecular Hbond substituents is 1. The van der Waals surface area contributed by atoms with Crippen LogP contribution >= 0.6 is 0 Å². The molecular formula is C14H15N5O. The number of aromatic hydroxyl groups is 1. The van der Waals surface area contributed by atoms with Crippen LogP contribution in [0.3, 0.4) is 0 Å². The van der Waals surface area contributed by atoms with Crippen molar-refractivity contribution >= 4 is 16.7 Å². The molecule has 0 aliphatic rings. The molecule has 0 bridgehead atoms. The van der Waals surface area contributed by atoms with Crippen molar-refractivity contribution in [2.75, 3.05) is 12.4 Å². The van der Waals surface area contributed by atoms with Crippen LogP contribution < -0.4 is 5.32 Å². The third-order valence-electron chi connectivity index (χ3n) is 3.35. The lowest BCUT2D eigenvalue weighted by molar-refractivity contribution is 0.470. The van der Waals surface area contributed by atoms with Crippen LogP contribution in [0.1, 0.15) is 11.4 Å². The Hall–Kier alpha value is -2.63. The third-order valence-corrected chi connectivity index (χ3v) is 3.35. The summed E-state index contributed by atoms with van der Waals surface area (Å²) in [5.74, 6) is 0.816. The zero-order valence-electron chi connectivity index (χ0n) is 11.5. The van der Waals surface area contributed by atoms with Crippen molar-refractivity contribution in [3.05, 3.63) is 35.7 Å². The molecule has 0 saturated heterocycles. The van der Waals surface area contributed by atoms with Crippen molar-refractivity contribution in [1.29, 1.82) is 0 Å². The van der Waals surface area contributed by atoms with E-state index in [-0.39, 0.29) is 5.75 Å². The highest BCUT2D eigenvalue weighted by Crippen LogP contribution is 2.29. The number of fused-ring (bicyclic) bond motifs is 1. The number of aromatic nitrogens is 4. The lowest BCUT2D eigenvalue weighted by atomic mass is 10.2. The average Bonchev–Trinajstić information content (AvgIpc) is 2.79. The molecule has 0 aliphatic carbocycles. The molecule has 0 unspecified atom stereocenters. The number of rotatable bonds is 2. The molecule has 0 atom stereocenters. The van der Waals surface area contributed by atoms with E-state index in [0.29, 0.717) is 11.5 Å². The van der Waals surface area contributed by atoms with Crippen molar-refractivity contribution in [3.8, 4) is 11.4 Å². The van der Waals surface area contributed by atoms with E-state index in [4.69, 9.17) is 0 Å². The van der Waals surface area contributed by atoms with Gasteiger partial charge in [-0.25, -0.2) is 4.68 Å². The minimum Gasteiger partial charge on any atom is -0.506 e. The average molecular weight is 269 g/mol.